The third-order valence-corrected chi connectivity index (χ3v) is 8.11. The van der Waals surface area contributed by atoms with E-state index in [0.29, 0.717) is 12.2 Å². The third-order valence-electron chi connectivity index (χ3n) is 6.71. The summed E-state index contributed by atoms with van der Waals surface area (Å²) in [6, 6.07) is 4.90. The lowest BCUT2D eigenvalue weighted by molar-refractivity contribution is -0.960. The summed E-state index contributed by atoms with van der Waals surface area (Å²) >= 11 is 0. The zero-order valence-electron chi connectivity index (χ0n) is 16.4. The molecule has 2 heterocycles. The van der Waals surface area contributed by atoms with Crippen LogP contribution in [0.15, 0.2) is 23.1 Å². The molecule has 0 radical (unpaired) electrons. The SMILES string of the molecule is C[C@@H]1C(=O)Nc2ccc(S(=O)(=O)NCC3([NH+]4CCOCC4)CCCCC3)cc21. The van der Waals surface area contributed by atoms with Gasteiger partial charge in [0.1, 0.15) is 18.6 Å². The minimum atomic E-state index is -3.63. The summed E-state index contributed by atoms with van der Waals surface area (Å²) in [5, 5.41) is 2.79. The molecule has 8 heteroatoms. The van der Waals surface area contributed by atoms with Gasteiger partial charge in [-0.15, -0.1) is 0 Å². The number of amides is 1. The number of rotatable bonds is 5. The lowest BCUT2D eigenvalue weighted by Gasteiger charge is -2.44. The van der Waals surface area contributed by atoms with Crippen LogP contribution in [0.5, 0.6) is 0 Å². The van der Waals surface area contributed by atoms with E-state index in [1.165, 1.54) is 11.3 Å². The summed E-state index contributed by atoms with van der Waals surface area (Å²) in [6.45, 7) is 5.61. The Labute approximate surface area is 166 Å². The van der Waals surface area contributed by atoms with Crippen molar-refractivity contribution in [2.75, 3.05) is 38.2 Å². The number of nitrogens with one attached hydrogen (secondary N) is 3. The summed E-state index contributed by atoms with van der Waals surface area (Å²) in [7, 11) is -3.63. The lowest BCUT2D eigenvalue weighted by Crippen LogP contribution is -3.23. The fraction of sp³-hybridized carbons (Fsp3) is 0.650. The van der Waals surface area contributed by atoms with E-state index in [4.69, 9.17) is 4.74 Å². The highest BCUT2D eigenvalue weighted by molar-refractivity contribution is 7.89. The monoisotopic (exact) mass is 408 g/mol. The topological polar surface area (TPSA) is 88.9 Å². The Balaban J connectivity index is 1.53. The summed E-state index contributed by atoms with van der Waals surface area (Å²) in [4.78, 5) is 13.6. The van der Waals surface area contributed by atoms with Crippen LogP contribution in [0.25, 0.3) is 0 Å². The fourth-order valence-electron chi connectivity index (χ4n) is 4.91. The molecule has 1 aromatic rings. The second-order valence-corrected chi connectivity index (χ2v) is 10.1. The van der Waals surface area contributed by atoms with Crippen molar-refractivity contribution >= 4 is 21.6 Å². The van der Waals surface area contributed by atoms with Crippen LogP contribution in [0.3, 0.4) is 0 Å². The Hall–Kier alpha value is -1.48. The molecule has 7 nitrogen and oxygen atoms in total. The molecule has 0 bridgehead atoms. The molecule has 1 saturated carbocycles. The second-order valence-electron chi connectivity index (χ2n) is 8.34. The molecular formula is C20H30N3O4S+. The molecule has 0 aromatic heterocycles. The maximum absolute atomic E-state index is 13.0. The molecule has 154 valence electrons. The number of morpholine rings is 1. The molecule has 2 aliphatic heterocycles. The molecule has 4 rings (SSSR count). The first-order valence-electron chi connectivity index (χ1n) is 10.3. The van der Waals surface area contributed by atoms with Gasteiger partial charge < -0.3 is 15.0 Å². The molecule has 1 aromatic carbocycles. The van der Waals surface area contributed by atoms with Crippen molar-refractivity contribution in [2.24, 2.45) is 0 Å². The molecule has 1 aliphatic carbocycles. The summed E-state index contributed by atoms with van der Waals surface area (Å²) in [6.07, 6.45) is 5.61. The van der Waals surface area contributed by atoms with Gasteiger partial charge in [0.25, 0.3) is 0 Å². The molecule has 0 unspecified atom stereocenters. The Kier molecular flexibility index (Phi) is 5.48. The largest absolute Gasteiger partial charge is 0.370 e. The van der Waals surface area contributed by atoms with Crippen molar-refractivity contribution in [3.05, 3.63) is 23.8 Å². The van der Waals surface area contributed by atoms with Crippen LogP contribution >= 0.6 is 0 Å². The van der Waals surface area contributed by atoms with E-state index in [9.17, 15) is 13.2 Å². The summed E-state index contributed by atoms with van der Waals surface area (Å²) in [5.41, 5.74) is 1.41. The Morgan fingerprint density at radius 3 is 2.64 bits per heavy atom. The van der Waals surface area contributed by atoms with Crippen molar-refractivity contribution in [1.29, 1.82) is 0 Å². The minimum absolute atomic E-state index is 0.0450. The maximum Gasteiger partial charge on any atom is 0.240 e. The number of hydrogen-bond acceptors (Lipinski definition) is 4. The fourth-order valence-corrected chi connectivity index (χ4v) is 6.07. The highest BCUT2D eigenvalue weighted by atomic mass is 32.2. The van der Waals surface area contributed by atoms with Gasteiger partial charge >= 0.3 is 0 Å². The summed E-state index contributed by atoms with van der Waals surface area (Å²) < 4.78 is 34.5. The van der Waals surface area contributed by atoms with E-state index in [1.807, 2.05) is 0 Å². The number of hydrogen-bond donors (Lipinski definition) is 3. The Morgan fingerprint density at radius 1 is 1.21 bits per heavy atom. The first-order chi connectivity index (χ1) is 13.4. The van der Waals surface area contributed by atoms with Crippen LogP contribution in [-0.2, 0) is 19.6 Å². The zero-order valence-corrected chi connectivity index (χ0v) is 17.2. The normalized spacial score (nSPS) is 25.3. The van der Waals surface area contributed by atoms with Gasteiger partial charge in [0, 0.05) is 18.5 Å². The van der Waals surface area contributed by atoms with Crippen molar-refractivity contribution in [3.8, 4) is 0 Å². The number of quaternary nitrogens is 1. The average molecular weight is 409 g/mol. The van der Waals surface area contributed by atoms with Crippen molar-refractivity contribution < 1.29 is 22.8 Å². The van der Waals surface area contributed by atoms with E-state index in [1.54, 1.807) is 25.1 Å². The van der Waals surface area contributed by atoms with E-state index >= 15 is 0 Å². The number of fused-ring (bicyclic) bond motifs is 1. The number of carbonyl (C=O) groups is 1. The average Bonchev–Trinajstić information content (AvgIpc) is 3.01. The van der Waals surface area contributed by atoms with Gasteiger partial charge in [-0.05, 0) is 43.5 Å². The number of benzene rings is 1. The van der Waals surface area contributed by atoms with E-state index in [-0.39, 0.29) is 22.3 Å². The van der Waals surface area contributed by atoms with Crippen LogP contribution < -0.4 is 14.9 Å². The first kappa shape index (κ1) is 19.8. The van der Waals surface area contributed by atoms with Crippen LogP contribution in [-0.4, -0.2) is 52.7 Å². The van der Waals surface area contributed by atoms with Gasteiger partial charge in [0.15, 0.2) is 0 Å². The van der Waals surface area contributed by atoms with Crippen molar-refractivity contribution in [2.45, 2.75) is 55.4 Å². The number of ether oxygens (including phenoxy) is 1. The van der Waals surface area contributed by atoms with Crippen molar-refractivity contribution in [1.82, 2.24) is 4.72 Å². The first-order valence-corrected chi connectivity index (χ1v) is 11.8. The number of sulfonamides is 1. The maximum atomic E-state index is 13.0. The predicted molar refractivity (Wildman–Crippen MR) is 106 cm³/mol. The van der Waals surface area contributed by atoms with Gasteiger partial charge in [-0.25, -0.2) is 13.1 Å². The molecule has 1 saturated heterocycles. The third kappa shape index (κ3) is 3.70. The van der Waals surface area contributed by atoms with Crippen LogP contribution in [0.2, 0.25) is 0 Å². The molecule has 1 amide bonds. The lowest BCUT2D eigenvalue weighted by atomic mass is 9.80. The Bertz CT molecular complexity index is 843. The van der Waals surface area contributed by atoms with Gasteiger partial charge in [-0.1, -0.05) is 6.42 Å². The molecule has 2 fully saturated rings. The molecule has 28 heavy (non-hydrogen) atoms. The van der Waals surface area contributed by atoms with Crippen LogP contribution in [0.4, 0.5) is 5.69 Å². The quantitative estimate of drug-likeness (QED) is 0.667. The second kappa shape index (κ2) is 7.74. The Morgan fingerprint density at radius 2 is 1.93 bits per heavy atom. The van der Waals surface area contributed by atoms with E-state index in [0.717, 1.165) is 57.6 Å². The van der Waals surface area contributed by atoms with Gasteiger partial charge in [-0.2, -0.15) is 0 Å². The molecule has 0 spiro atoms. The number of carbonyl (C=O) groups excluding carboxylic acids is 1. The highest BCUT2D eigenvalue weighted by Gasteiger charge is 2.43. The predicted octanol–water partition coefficient (Wildman–Crippen LogP) is 0.639. The molecular weight excluding hydrogens is 378 g/mol. The van der Waals surface area contributed by atoms with Gasteiger partial charge in [-0.3, -0.25) is 4.79 Å². The smallest absolute Gasteiger partial charge is 0.240 e. The minimum Gasteiger partial charge on any atom is -0.370 e. The van der Waals surface area contributed by atoms with Crippen LogP contribution in [0, 0.1) is 0 Å². The van der Waals surface area contributed by atoms with E-state index < -0.39 is 10.0 Å². The van der Waals surface area contributed by atoms with Crippen LogP contribution in [0.1, 0.15) is 50.5 Å². The van der Waals surface area contributed by atoms with Gasteiger partial charge in [0.05, 0.1) is 30.6 Å². The van der Waals surface area contributed by atoms with Gasteiger partial charge in [0.2, 0.25) is 15.9 Å². The molecule has 3 N–H and O–H groups in total. The molecule has 1 atom stereocenters. The van der Waals surface area contributed by atoms with Crippen molar-refractivity contribution in [3.63, 3.8) is 0 Å². The molecule has 3 aliphatic rings. The summed E-state index contributed by atoms with van der Waals surface area (Å²) in [5.74, 6) is -0.415. The highest BCUT2D eigenvalue weighted by Crippen LogP contribution is 2.34. The number of anilines is 1. The van der Waals surface area contributed by atoms with E-state index in [2.05, 4.69) is 10.0 Å². The zero-order chi connectivity index (χ0) is 19.8. The standard InChI is InChI=1S/C20H29N3O4S/c1-15-17-13-16(5-6-18(17)22-19(15)24)28(25,26)21-14-20(7-3-2-4-8-20)23-9-11-27-12-10-23/h5-6,13,15,21H,2-4,7-12,14H2,1H3,(H,22,24)/p+1/t15-/m0/s1.